The van der Waals surface area contributed by atoms with E-state index in [0.29, 0.717) is 11.1 Å². The molecular weight excluding hydrogens is 421 g/mol. The van der Waals surface area contributed by atoms with Crippen LogP contribution in [0.1, 0.15) is 20.8 Å². The molecule has 0 aliphatic carbocycles. The number of aromatic nitrogens is 3. The molecule has 1 atom stereocenters. The molecule has 2 heterocycles. The first-order valence-corrected chi connectivity index (χ1v) is 9.58. The van der Waals surface area contributed by atoms with Crippen molar-refractivity contribution >= 4 is 29.1 Å². The molecular formula is C18H19Cl2N5O4. The van der Waals surface area contributed by atoms with E-state index in [1.165, 1.54) is 12.1 Å². The van der Waals surface area contributed by atoms with E-state index in [1.54, 1.807) is 13.0 Å². The monoisotopic (exact) mass is 439 g/mol. The molecule has 0 amide bonds. The summed E-state index contributed by atoms with van der Waals surface area (Å²) in [5.74, 6) is 0.367. The number of hydrogen-bond donors (Lipinski definition) is 3. The van der Waals surface area contributed by atoms with Gasteiger partial charge in [-0.05, 0) is 30.5 Å². The first-order valence-electron chi connectivity index (χ1n) is 8.82. The van der Waals surface area contributed by atoms with Gasteiger partial charge in [0.15, 0.2) is 17.7 Å². The second-order valence-corrected chi connectivity index (χ2v) is 7.39. The van der Waals surface area contributed by atoms with Gasteiger partial charge in [0.05, 0.1) is 10.0 Å². The first kappa shape index (κ1) is 21.1. The molecule has 11 heteroatoms. The summed E-state index contributed by atoms with van der Waals surface area (Å²) in [4.78, 5) is 26.1. The number of aromatic amines is 1. The molecule has 0 saturated carbocycles. The Morgan fingerprint density at radius 1 is 1.28 bits per heavy atom. The lowest BCUT2D eigenvalue weighted by Gasteiger charge is -2.23. The molecule has 0 fully saturated rings. The van der Waals surface area contributed by atoms with E-state index in [4.69, 9.17) is 27.9 Å². The predicted octanol–water partition coefficient (Wildman–Crippen LogP) is 2.12. The van der Waals surface area contributed by atoms with Crippen molar-refractivity contribution in [3.8, 4) is 17.0 Å². The van der Waals surface area contributed by atoms with Gasteiger partial charge in [-0.25, -0.2) is 9.48 Å². The molecule has 3 rings (SSSR count). The van der Waals surface area contributed by atoms with Crippen molar-refractivity contribution < 1.29 is 9.84 Å². The van der Waals surface area contributed by atoms with E-state index in [-0.39, 0.29) is 39.8 Å². The van der Waals surface area contributed by atoms with Crippen molar-refractivity contribution in [2.45, 2.75) is 33.5 Å². The normalized spacial score (nSPS) is 16.3. The second kappa shape index (κ2) is 8.40. The Labute approximate surface area is 175 Å². The highest BCUT2D eigenvalue weighted by atomic mass is 35.5. The molecule has 9 nitrogen and oxygen atoms in total. The molecule has 0 radical (unpaired) electrons. The summed E-state index contributed by atoms with van der Waals surface area (Å²) in [5.41, 5.74) is 2.33. The standard InChI is InChI=1S/C18H19Cl2N5O4/c1-4-25-18(28)21-17(27)14(24-25)9-5-11(19)15(12(20)6-9)29-13-7-10(8(2)3)16(26)23-22-13/h5-8,16,23,26H,4H2,1-3H3,(H,21,27,28). The Kier molecular flexibility index (Phi) is 6.11. The van der Waals surface area contributed by atoms with Crippen LogP contribution in [0.2, 0.25) is 10.0 Å². The zero-order valence-electron chi connectivity index (χ0n) is 15.9. The average Bonchev–Trinajstić information content (AvgIpc) is 2.65. The number of aliphatic hydroxyl groups is 1. The van der Waals surface area contributed by atoms with Gasteiger partial charge in [0.25, 0.3) is 5.56 Å². The number of nitrogens with zero attached hydrogens (tertiary/aromatic N) is 3. The fourth-order valence-corrected chi connectivity index (χ4v) is 3.29. The number of benzene rings is 1. The maximum atomic E-state index is 12.2. The third kappa shape index (κ3) is 4.36. The van der Waals surface area contributed by atoms with Crippen molar-refractivity contribution in [3.05, 3.63) is 54.7 Å². The molecule has 0 bridgehead atoms. The second-order valence-electron chi connectivity index (χ2n) is 6.58. The number of H-pyrrole nitrogens is 1. The van der Waals surface area contributed by atoms with Crippen LogP contribution < -0.4 is 21.4 Å². The Bertz CT molecular complexity index is 1100. The van der Waals surface area contributed by atoms with Gasteiger partial charge in [-0.2, -0.15) is 5.10 Å². The molecule has 1 aliphatic rings. The van der Waals surface area contributed by atoms with Crippen LogP contribution in [0.15, 0.2) is 38.5 Å². The number of rotatable bonds is 4. The largest absolute Gasteiger partial charge is 0.434 e. The molecule has 2 aromatic rings. The van der Waals surface area contributed by atoms with Crippen molar-refractivity contribution in [2.24, 2.45) is 11.0 Å². The van der Waals surface area contributed by atoms with Crippen LogP contribution in [0.4, 0.5) is 0 Å². The molecule has 154 valence electrons. The minimum absolute atomic E-state index is 0.00332. The van der Waals surface area contributed by atoms with E-state index in [2.05, 4.69) is 20.6 Å². The summed E-state index contributed by atoms with van der Waals surface area (Å²) in [6, 6.07) is 2.92. The van der Waals surface area contributed by atoms with Crippen molar-refractivity contribution in [1.82, 2.24) is 20.2 Å². The lowest BCUT2D eigenvalue weighted by Crippen LogP contribution is -2.34. The summed E-state index contributed by atoms with van der Waals surface area (Å²) in [6.07, 6.45) is 0.707. The SMILES string of the molecule is CCn1nc(-c2cc(Cl)c(OC3=NNC(O)C(C(C)C)=C3)c(Cl)c2)c(=O)[nH]c1=O. The Morgan fingerprint density at radius 3 is 2.52 bits per heavy atom. The van der Waals surface area contributed by atoms with Crippen LogP contribution in [-0.4, -0.2) is 32.0 Å². The number of aliphatic hydroxyl groups excluding tert-OH is 1. The smallest absolute Gasteiger partial charge is 0.344 e. The molecule has 1 unspecified atom stereocenters. The Hall–Kier alpha value is -2.62. The molecule has 1 aliphatic heterocycles. The summed E-state index contributed by atoms with van der Waals surface area (Å²) >= 11 is 12.7. The van der Waals surface area contributed by atoms with Crippen molar-refractivity contribution in [3.63, 3.8) is 0 Å². The predicted molar refractivity (Wildman–Crippen MR) is 110 cm³/mol. The zero-order valence-corrected chi connectivity index (χ0v) is 17.4. The number of hydrazone groups is 1. The topological polar surface area (TPSA) is 122 Å². The Balaban J connectivity index is 1.98. The van der Waals surface area contributed by atoms with Crippen LogP contribution in [-0.2, 0) is 6.54 Å². The van der Waals surface area contributed by atoms with E-state index in [9.17, 15) is 14.7 Å². The van der Waals surface area contributed by atoms with E-state index < -0.39 is 17.5 Å². The average molecular weight is 440 g/mol. The van der Waals surface area contributed by atoms with E-state index in [1.807, 2.05) is 13.8 Å². The van der Waals surface area contributed by atoms with Gasteiger partial charge in [-0.15, -0.1) is 5.10 Å². The highest BCUT2D eigenvalue weighted by Crippen LogP contribution is 2.37. The summed E-state index contributed by atoms with van der Waals surface area (Å²) in [7, 11) is 0. The summed E-state index contributed by atoms with van der Waals surface area (Å²) in [6.45, 7) is 5.86. The van der Waals surface area contributed by atoms with Gasteiger partial charge in [0.2, 0.25) is 5.90 Å². The molecule has 1 aromatic carbocycles. The van der Waals surface area contributed by atoms with Gasteiger partial charge in [0, 0.05) is 18.2 Å². The number of nitrogens with one attached hydrogen (secondary N) is 2. The third-order valence-electron chi connectivity index (χ3n) is 4.24. The highest BCUT2D eigenvalue weighted by Gasteiger charge is 2.22. The molecule has 3 N–H and O–H groups in total. The third-order valence-corrected chi connectivity index (χ3v) is 4.80. The van der Waals surface area contributed by atoms with Crippen LogP contribution >= 0.6 is 23.2 Å². The van der Waals surface area contributed by atoms with Gasteiger partial charge in [-0.3, -0.25) is 15.2 Å². The van der Waals surface area contributed by atoms with Crippen molar-refractivity contribution in [1.29, 1.82) is 0 Å². The van der Waals surface area contributed by atoms with Gasteiger partial charge in [0.1, 0.15) is 0 Å². The molecule has 0 spiro atoms. The fourth-order valence-electron chi connectivity index (χ4n) is 2.72. The fraction of sp³-hybridized carbons (Fsp3) is 0.333. The summed E-state index contributed by atoms with van der Waals surface area (Å²) < 4.78 is 6.83. The summed E-state index contributed by atoms with van der Waals surface area (Å²) in [5, 5.41) is 18.2. The Morgan fingerprint density at radius 2 is 1.93 bits per heavy atom. The highest BCUT2D eigenvalue weighted by molar-refractivity contribution is 6.37. The number of aryl methyl sites for hydroxylation is 1. The molecule has 29 heavy (non-hydrogen) atoms. The minimum atomic E-state index is -0.900. The number of ether oxygens (including phenoxy) is 1. The first-order chi connectivity index (χ1) is 13.7. The zero-order chi connectivity index (χ0) is 21.3. The number of halogens is 2. The van der Waals surface area contributed by atoms with E-state index >= 15 is 0 Å². The molecule has 1 aromatic heterocycles. The maximum Gasteiger partial charge on any atom is 0.344 e. The lowest BCUT2D eigenvalue weighted by molar-refractivity contribution is 0.161. The van der Waals surface area contributed by atoms with Crippen LogP contribution in [0.3, 0.4) is 0 Å². The van der Waals surface area contributed by atoms with E-state index in [0.717, 1.165) is 4.68 Å². The van der Waals surface area contributed by atoms with Crippen LogP contribution in [0.25, 0.3) is 11.3 Å². The minimum Gasteiger partial charge on any atom is -0.434 e. The van der Waals surface area contributed by atoms with Crippen LogP contribution in [0, 0.1) is 5.92 Å². The van der Waals surface area contributed by atoms with Gasteiger partial charge < -0.3 is 9.84 Å². The van der Waals surface area contributed by atoms with Gasteiger partial charge >= 0.3 is 5.69 Å². The van der Waals surface area contributed by atoms with Crippen molar-refractivity contribution in [2.75, 3.05) is 0 Å². The van der Waals surface area contributed by atoms with Gasteiger partial charge in [-0.1, -0.05) is 37.0 Å². The van der Waals surface area contributed by atoms with Crippen LogP contribution in [0.5, 0.6) is 5.75 Å². The maximum absolute atomic E-state index is 12.2. The number of hydrogen-bond acceptors (Lipinski definition) is 7. The molecule has 0 saturated heterocycles. The lowest BCUT2D eigenvalue weighted by atomic mass is 10.0. The quantitative estimate of drug-likeness (QED) is 0.670.